The summed E-state index contributed by atoms with van der Waals surface area (Å²) in [5.74, 6) is -1.26. The summed E-state index contributed by atoms with van der Waals surface area (Å²) in [6.07, 6.45) is 0.276. The third-order valence-electron chi connectivity index (χ3n) is 6.31. The number of nitrogens with zero attached hydrogens (tertiary/aromatic N) is 2. The van der Waals surface area contributed by atoms with Crippen molar-refractivity contribution in [1.82, 2.24) is 10.2 Å². The fourth-order valence-corrected chi connectivity index (χ4v) is 5.69. The molecular formula is C30H36FN3O5S. The minimum absolute atomic E-state index is 0.00967. The van der Waals surface area contributed by atoms with E-state index in [0.29, 0.717) is 11.3 Å². The molecule has 3 aromatic carbocycles. The highest BCUT2D eigenvalue weighted by molar-refractivity contribution is 7.92. The molecule has 0 saturated carbocycles. The van der Waals surface area contributed by atoms with Crippen molar-refractivity contribution >= 4 is 27.5 Å². The Morgan fingerprint density at radius 2 is 1.68 bits per heavy atom. The first-order valence-electron chi connectivity index (χ1n) is 13.0. The van der Waals surface area contributed by atoms with Crippen LogP contribution in [0.1, 0.15) is 38.3 Å². The van der Waals surface area contributed by atoms with E-state index in [1.807, 2.05) is 20.8 Å². The second-order valence-electron chi connectivity index (χ2n) is 9.74. The minimum Gasteiger partial charge on any atom is -0.497 e. The van der Waals surface area contributed by atoms with Gasteiger partial charge in [-0.05, 0) is 69.2 Å². The molecule has 0 heterocycles. The van der Waals surface area contributed by atoms with E-state index in [-0.39, 0.29) is 35.5 Å². The molecule has 214 valence electrons. The van der Waals surface area contributed by atoms with Gasteiger partial charge in [0.25, 0.3) is 10.0 Å². The smallest absolute Gasteiger partial charge is 0.264 e. The lowest BCUT2D eigenvalue weighted by atomic mass is 10.1. The number of benzene rings is 3. The van der Waals surface area contributed by atoms with Gasteiger partial charge in [0.05, 0.1) is 17.7 Å². The summed E-state index contributed by atoms with van der Waals surface area (Å²) in [6, 6.07) is 17.5. The Bertz CT molecular complexity index is 1430. The number of amides is 2. The Balaban J connectivity index is 2.08. The van der Waals surface area contributed by atoms with Gasteiger partial charge in [-0.25, -0.2) is 12.8 Å². The lowest BCUT2D eigenvalue weighted by Crippen LogP contribution is -2.53. The Hall–Kier alpha value is -3.92. The fraction of sp³-hybridized carbons (Fsp3) is 0.333. The van der Waals surface area contributed by atoms with Gasteiger partial charge in [0, 0.05) is 12.6 Å². The summed E-state index contributed by atoms with van der Waals surface area (Å²) in [4.78, 5) is 28.4. The molecular weight excluding hydrogens is 533 g/mol. The van der Waals surface area contributed by atoms with Gasteiger partial charge in [-0.2, -0.15) is 0 Å². The largest absolute Gasteiger partial charge is 0.497 e. The van der Waals surface area contributed by atoms with E-state index in [2.05, 4.69) is 5.32 Å². The molecule has 1 atom stereocenters. The zero-order valence-corrected chi connectivity index (χ0v) is 24.2. The number of carbonyl (C=O) groups excluding carboxylic acids is 2. The van der Waals surface area contributed by atoms with E-state index in [0.717, 1.165) is 15.9 Å². The molecule has 10 heteroatoms. The minimum atomic E-state index is -4.35. The van der Waals surface area contributed by atoms with Crippen molar-refractivity contribution < 1.29 is 27.1 Å². The van der Waals surface area contributed by atoms with Gasteiger partial charge in [0.15, 0.2) is 0 Å². The second kappa shape index (κ2) is 13.4. The average molecular weight is 570 g/mol. The number of rotatable bonds is 12. The molecule has 0 fully saturated rings. The Kier molecular flexibility index (Phi) is 10.3. The van der Waals surface area contributed by atoms with Crippen LogP contribution in [-0.2, 0) is 26.2 Å². The highest BCUT2D eigenvalue weighted by Gasteiger charge is 2.34. The van der Waals surface area contributed by atoms with E-state index in [9.17, 15) is 18.0 Å². The highest BCUT2D eigenvalue weighted by atomic mass is 32.2. The zero-order chi connectivity index (χ0) is 29.4. The predicted molar refractivity (Wildman–Crippen MR) is 153 cm³/mol. The van der Waals surface area contributed by atoms with Gasteiger partial charge in [0.2, 0.25) is 11.8 Å². The topological polar surface area (TPSA) is 96.0 Å². The number of nitrogens with one attached hydrogen (secondary N) is 1. The highest BCUT2D eigenvalue weighted by Crippen LogP contribution is 2.27. The third kappa shape index (κ3) is 7.38. The van der Waals surface area contributed by atoms with Gasteiger partial charge in [-0.15, -0.1) is 0 Å². The number of sulfonamides is 1. The Morgan fingerprint density at radius 1 is 1.00 bits per heavy atom. The summed E-state index contributed by atoms with van der Waals surface area (Å²) in [5.41, 5.74) is 1.26. The maximum atomic E-state index is 15.0. The average Bonchev–Trinajstić information content (AvgIpc) is 2.92. The molecule has 0 aliphatic heterocycles. The van der Waals surface area contributed by atoms with Crippen molar-refractivity contribution in [3.05, 3.63) is 89.7 Å². The number of aryl methyl sites for hydroxylation is 1. The predicted octanol–water partition coefficient (Wildman–Crippen LogP) is 4.67. The SMILES string of the molecule is CCC(C(=O)NC(C)C)N(Cc1cccc(OC)c1)C(=O)CN(c1ccccc1F)S(=O)(=O)c1ccc(C)cc1. The summed E-state index contributed by atoms with van der Waals surface area (Å²) in [6.45, 7) is 6.51. The number of anilines is 1. The molecule has 3 rings (SSSR count). The van der Waals surface area contributed by atoms with Crippen LogP contribution >= 0.6 is 0 Å². The lowest BCUT2D eigenvalue weighted by Gasteiger charge is -2.33. The molecule has 1 N–H and O–H groups in total. The Morgan fingerprint density at radius 3 is 2.27 bits per heavy atom. The summed E-state index contributed by atoms with van der Waals surface area (Å²) >= 11 is 0. The summed E-state index contributed by atoms with van der Waals surface area (Å²) in [7, 11) is -2.83. The van der Waals surface area contributed by atoms with Crippen LogP contribution < -0.4 is 14.4 Å². The second-order valence-corrected chi connectivity index (χ2v) is 11.6. The molecule has 0 spiro atoms. The first-order valence-corrected chi connectivity index (χ1v) is 14.5. The van der Waals surface area contributed by atoms with Gasteiger partial charge >= 0.3 is 0 Å². The molecule has 3 aromatic rings. The van der Waals surface area contributed by atoms with Crippen LogP contribution in [0, 0.1) is 12.7 Å². The van der Waals surface area contributed by atoms with Crippen molar-refractivity contribution in [2.24, 2.45) is 0 Å². The maximum Gasteiger partial charge on any atom is 0.264 e. The standard InChI is InChI=1S/C30H36FN3O5S/c1-6-27(30(36)32-21(2)3)33(19-23-10-9-11-24(18-23)39-5)29(35)20-34(28-13-8-7-12-26(28)31)40(37,38)25-16-14-22(4)15-17-25/h7-18,21,27H,6,19-20H2,1-5H3,(H,32,36). The van der Waals surface area contributed by atoms with Crippen LogP contribution in [0.5, 0.6) is 5.75 Å². The molecule has 0 aliphatic rings. The van der Waals surface area contributed by atoms with Crippen molar-refractivity contribution in [1.29, 1.82) is 0 Å². The number of methoxy groups -OCH3 is 1. The van der Waals surface area contributed by atoms with Crippen molar-refractivity contribution in [2.75, 3.05) is 18.0 Å². The van der Waals surface area contributed by atoms with E-state index in [1.165, 1.54) is 42.3 Å². The van der Waals surface area contributed by atoms with Crippen molar-refractivity contribution in [3.63, 3.8) is 0 Å². The molecule has 2 amide bonds. The first kappa shape index (κ1) is 30.6. The van der Waals surface area contributed by atoms with E-state index in [1.54, 1.807) is 43.3 Å². The van der Waals surface area contributed by atoms with Crippen LogP contribution in [0.15, 0.2) is 77.7 Å². The molecule has 0 bridgehead atoms. The molecule has 1 unspecified atom stereocenters. The van der Waals surface area contributed by atoms with Crippen LogP contribution in [0.4, 0.5) is 10.1 Å². The molecule has 8 nitrogen and oxygen atoms in total. The van der Waals surface area contributed by atoms with E-state index in [4.69, 9.17) is 4.74 Å². The molecule has 0 aliphatic carbocycles. The summed E-state index contributed by atoms with van der Waals surface area (Å²) in [5, 5.41) is 2.84. The molecule has 0 radical (unpaired) electrons. The number of hydrogen-bond acceptors (Lipinski definition) is 5. The van der Waals surface area contributed by atoms with E-state index >= 15 is 4.39 Å². The van der Waals surface area contributed by atoms with Crippen LogP contribution in [0.3, 0.4) is 0 Å². The summed E-state index contributed by atoms with van der Waals surface area (Å²) < 4.78 is 48.7. The number of carbonyl (C=O) groups is 2. The normalized spacial score (nSPS) is 12.1. The van der Waals surface area contributed by atoms with Crippen LogP contribution in [-0.4, -0.2) is 50.9 Å². The maximum absolute atomic E-state index is 15.0. The Labute approximate surface area is 235 Å². The molecule has 0 aromatic heterocycles. The first-order chi connectivity index (χ1) is 19.0. The monoisotopic (exact) mass is 569 g/mol. The van der Waals surface area contributed by atoms with E-state index < -0.39 is 34.3 Å². The molecule has 40 heavy (non-hydrogen) atoms. The van der Waals surface area contributed by atoms with Crippen molar-refractivity contribution in [3.8, 4) is 5.75 Å². The fourth-order valence-electron chi connectivity index (χ4n) is 4.27. The number of ether oxygens (including phenoxy) is 1. The van der Waals surface area contributed by atoms with Gasteiger partial charge in [0.1, 0.15) is 24.2 Å². The van der Waals surface area contributed by atoms with Gasteiger partial charge < -0.3 is 15.0 Å². The van der Waals surface area contributed by atoms with Crippen molar-refractivity contribution in [2.45, 2.75) is 57.6 Å². The zero-order valence-electron chi connectivity index (χ0n) is 23.4. The van der Waals surface area contributed by atoms with Crippen LogP contribution in [0.2, 0.25) is 0 Å². The molecule has 0 saturated heterocycles. The van der Waals surface area contributed by atoms with Gasteiger partial charge in [-0.1, -0.05) is 48.9 Å². The van der Waals surface area contributed by atoms with Gasteiger partial charge in [-0.3, -0.25) is 13.9 Å². The lowest BCUT2D eigenvalue weighted by molar-refractivity contribution is -0.140. The third-order valence-corrected chi connectivity index (χ3v) is 8.09. The number of halogens is 1. The quantitative estimate of drug-likeness (QED) is 0.342. The van der Waals surface area contributed by atoms with Crippen LogP contribution in [0.25, 0.3) is 0 Å². The number of para-hydroxylation sites is 1. The number of hydrogen-bond donors (Lipinski definition) is 1.